The van der Waals surface area contributed by atoms with Crippen molar-refractivity contribution < 1.29 is 46.4 Å². The predicted octanol–water partition coefficient (Wildman–Crippen LogP) is 10.7. The van der Waals surface area contributed by atoms with Crippen molar-refractivity contribution >= 4 is 7.92 Å². The Morgan fingerprint density at radius 1 is 0.725 bits per heavy atom. The van der Waals surface area contributed by atoms with Crippen molar-refractivity contribution in [3.05, 3.63) is 90.1 Å². The SMILES string of the molecule is CCCC[PH+](CCCC)CCCC.FC(F)(F)c1[c-]c(-c2ccccn2)cc(C(F)(F)F)c1.[Ir].[c-]1ccccc1. The summed E-state index contributed by atoms with van der Waals surface area (Å²) >= 11 is 0. The Bertz CT molecular complexity index is 936. The fourth-order valence-corrected chi connectivity index (χ4v) is 6.85. The number of aromatic nitrogens is 1. The molecule has 3 rings (SSSR count). The van der Waals surface area contributed by atoms with Gasteiger partial charge in [-0.05, 0) is 42.1 Å². The van der Waals surface area contributed by atoms with E-state index in [9.17, 15) is 26.3 Å². The van der Waals surface area contributed by atoms with Crippen LogP contribution in [0.25, 0.3) is 11.3 Å². The van der Waals surface area contributed by atoms with Gasteiger partial charge in [0.05, 0.1) is 18.5 Å². The molecule has 3 aromatic rings. The number of benzene rings is 2. The molecule has 9 heteroatoms. The summed E-state index contributed by atoms with van der Waals surface area (Å²) in [5.74, 6) is 0. The first-order valence-corrected chi connectivity index (χ1v) is 15.5. The molecule has 0 atom stereocenters. The first kappa shape index (κ1) is 38.2. The predicted molar refractivity (Wildman–Crippen MR) is 151 cm³/mol. The first-order valence-electron chi connectivity index (χ1n) is 13.4. The minimum Gasteiger partial charge on any atom is -0.305 e. The van der Waals surface area contributed by atoms with E-state index in [2.05, 4.69) is 31.8 Å². The molecular formula is C31H39F6IrNP-. The second kappa shape index (κ2) is 21.0. The summed E-state index contributed by atoms with van der Waals surface area (Å²) in [7, 11) is 0.0675. The summed E-state index contributed by atoms with van der Waals surface area (Å²) in [5.41, 5.74) is -3.23. The minimum atomic E-state index is -4.91. The van der Waals surface area contributed by atoms with Gasteiger partial charge in [-0.3, -0.25) is 0 Å². The number of pyridine rings is 1. The van der Waals surface area contributed by atoms with Crippen LogP contribution in [0.3, 0.4) is 0 Å². The van der Waals surface area contributed by atoms with E-state index in [4.69, 9.17) is 0 Å². The third kappa shape index (κ3) is 16.5. The molecule has 1 aromatic heterocycles. The topological polar surface area (TPSA) is 12.9 Å². The Kier molecular flexibility index (Phi) is 20.1. The number of hydrogen-bond donors (Lipinski definition) is 0. The zero-order valence-corrected chi connectivity index (χ0v) is 26.7. The van der Waals surface area contributed by atoms with E-state index in [0.29, 0.717) is 6.07 Å². The van der Waals surface area contributed by atoms with Crippen LogP contribution in [0.5, 0.6) is 0 Å². The molecular weight excluding hydrogens is 724 g/mol. The molecule has 0 bridgehead atoms. The van der Waals surface area contributed by atoms with Gasteiger partial charge >= 0.3 is 12.4 Å². The molecule has 0 aliphatic rings. The second-order valence-electron chi connectivity index (χ2n) is 9.04. The van der Waals surface area contributed by atoms with Gasteiger partial charge in [-0.25, -0.2) is 0 Å². The number of hydrogen-bond acceptors (Lipinski definition) is 1. The molecule has 2 aromatic carbocycles. The van der Waals surface area contributed by atoms with Crippen LogP contribution in [0.4, 0.5) is 26.3 Å². The van der Waals surface area contributed by atoms with Gasteiger partial charge in [-0.1, -0.05) is 52.2 Å². The van der Waals surface area contributed by atoms with E-state index in [1.807, 2.05) is 36.4 Å². The number of halogens is 6. The molecule has 1 radical (unpaired) electrons. The zero-order chi connectivity index (χ0) is 29.2. The van der Waals surface area contributed by atoms with Crippen molar-refractivity contribution in [2.75, 3.05) is 18.5 Å². The van der Waals surface area contributed by atoms with Gasteiger partial charge in [0.15, 0.2) is 0 Å². The van der Waals surface area contributed by atoms with Crippen molar-refractivity contribution in [2.24, 2.45) is 0 Å². The fraction of sp³-hybridized carbons (Fsp3) is 0.452. The van der Waals surface area contributed by atoms with Gasteiger partial charge in [-0.15, -0.1) is 23.8 Å². The van der Waals surface area contributed by atoms with E-state index < -0.39 is 23.5 Å². The Balaban J connectivity index is 0.000000652. The van der Waals surface area contributed by atoms with Crippen LogP contribution in [0.2, 0.25) is 0 Å². The van der Waals surface area contributed by atoms with Crippen LogP contribution >= 0.6 is 7.92 Å². The quantitative estimate of drug-likeness (QED) is 0.114. The molecule has 0 saturated carbocycles. The second-order valence-corrected chi connectivity index (χ2v) is 12.0. The van der Waals surface area contributed by atoms with Crippen molar-refractivity contribution in [1.82, 2.24) is 4.98 Å². The van der Waals surface area contributed by atoms with Crippen LogP contribution < -0.4 is 0 Å². The summed E-state index contributed by atoms with van der Waals surface area (Å²) in [6.45, 7) is 6.96. The Labute approximate surface area is 250 Å². The van der Waals surface area contributed by atoms with Crippen molar-refractivity contribution in [3.8, 4) is 11.3 Å². The van der Waals surface area contributed by atoms with Gasteiger partial charge in [0.1, 0.15) is 0 Å². The average molecular weight is 763 g/mol. The maximum absolute atomic E-state index is 12.7. The summed E-state index contributed by atoms with van der Waals surface area (Å²) < 4.78 is 75.8. The Morgan fingerprint density at radius 2 is 1.27 bits per heavy atom. The Morgan fingerprint density at radius 3 is 1.62 bits per heavy atom. The molecule has 1 heterocycles. The molecule has 0 aliphatic heterocycles. The Hall–Kier alpha value is -1.75. The standard InChI is InChI=1S/C13H6F6N.C12H27P.C6H5.Ir/c14-12(15,16)9-5-8(11-3-1-2-4-20-11)6-10(7-9)13(17,18)19;1-4-7-10-13(11-8-5-2)12-9-6-3;1-2-4-6-5-3-1;/h1-5,7H;4-12H2,1-3H3;1-5H;/q-1;;-1;/p+1. The van der Waals surface area contributed by atoms with E-state index in [1.54, 1.807) is 18.5 Å². The smallest absolute Gasteiger partial charge is 0.305 e. The molecule has 0 fully saturated rings. The van der Waals surface area contributed by atoms with E-state index in [0.717, 1.165) is 0 Å². The van der Waals surface area contributed by atoms with E-state index in [-0.39, 0.29) is 45.4 Å². The normalized spacial score (nSPS) is 11.1. The number of rotatable bonds is 10. The van der Waals surface area contributed by atoms with Crippen LogP contribution in [0, 0.1) is 12.1 Å². The molecule has 0 amide bonds. The number of unbranched alkanes of at least 4 members (excludes halogenated alkanes) is 3. The number of nitrogens with zero attached hydrogens (tertiary/aromatic N) is 1. The van der Waals surface area contributed by atoms with Gasteiger partial charge in [0, 0.05) is 34.2 Å². The molecule has 225 valence electrons. The van der Waals surface area contributed by atoms with Gasteiger partial charge in [0.25, 0.3) is 0 Å². The van der Waals surface area contributed by atoms with Crippen LogP contribution in [0.15, 0.2) is 66.9 Å². The number of alkyl halides is 6. The third-order valence-corrected chi connectivity index (χ3v) is 8.88. The summed E-state index contributed by atoms with van der Waals surface area (Å²) in [4.78, 5) is 3.73. The van der Waals surface area contributed by atoms with Crippen LogP contribution in [0.1, 0.15) is 70.4 Å². The maximum Gasteiger partial charge on any atom is 0.399 e. The molecule has 0 spiro atoms. The largest absolute Gasteiger partial charge is 0.399 e. The molecule has 0 aliphatic carbocycles. The summed E-state index contributed by atoms with van der Waals surface area (Å²) in [5, 5.41) is 0. The van der Waals surface area contributed by atoms with Crippen LogP contribution in [-0.2, 0) is 32.5 Å². The summed E-state index contributed by atoms with van der Waals surface area (Å²) in [6, 6.07) is 19.3. The van der Waals surface area contributed by atoms with Gasteiger partial charge < -0.3 is 4.98 Å². The first-order chi connectivity index (χ1) is 18.5. The van der Waals surface area contributed by atoms with Gasteiger partial charge in [0.2, 0.25) is 0 Å². The average Bonchev–Trinajstić information content (AvgIpc) is 2.93. The minimum absolute atomic E-state index is 0. The van der Waals surface area contributed by atoms with Crippen molar-refractivity contribution in [3.63, 3.8) is 0 Å². The molecule has 0 unspecified atom stereocenters. The summed E-state index contributed by atoms with van der Waals surface area (Å²) in [6.07, 6.45) is 4.89. The van der Waals surface area contributed by atoms with Gasteiger partial charge in [-0.2, -0.15) is 62.7 Å². The maximum atomic E-state index is 12.7. The molecule has 1 nitrogen and oxygen atoms in total. The van der Waals surface area contributed by atoms with E-state index in [1.165, 1.54) is 62.9 Å². The third-order valence-electron chi connectivity index (χ3n) is 5.70. The van der Waals surface area contributed by atoms with E-state index >= 15 is 0 Å². The van der Waals surface area contributed by atoms with Crippen LogP contribution in [-0.4, -0.2) is 23.5 Å². The van der Waals surface area contributed by atoms with Crippen molar-refractivity contribution in [2.45, 2.75) is 71.6 Å². The molecule has 0 saturated heterocycles. The fourth-order valence-electron chi connectivity index (χ4n) is 3.54. The zero-order valence-electron chi connectivity index (χ0n) is 23.3. The monoisotopic (exact) mass is 763 g/mol. The molecule has 40 heavy (non-hydrogen) atoms. The van der Waals surface area contributed by atoms with Crippen molar-refractivity contribution in [1.29, 1.82) is 0 Å². The molecule has 0 N–H and O–H groups in total.